The van der Waals surface area contributed by atoms with Crippen LogP contribution in [-0.4, -0.2) is 30.5 Å². The van der Waals surface area contributed by atoms with Crippen molar-refractivity contribution < 1.29 is 14.3 Å². The van der Waals surface area contributed by atoms with E-state index >= 15 is 0 Å². The van der Waals surface area contributed by atoms with Gasteiger partial charge in [0.1, 0.15) is 11.3 Å². The zero-order valence-corrected chi connectivity index (χ0v) is 12.9. The molecule has 22 heavy (non-hydrogen) atoms. The van der Waals surface area contributed by atoms with Crippen molar-refractivity contribution in [2.45, 2.75) is 25.8 Å². The first-order valence-corrected chi connectivity index (χ1v) is 7.16. The van der Waals surface area contributed by atoms with Gasteiger partial charge in [-0.15, -0.1) is 0 Å². The maximum absolute atomic E-state index is 12.8. The van der Waals surface area contributed by atoms with Crippen LogP contribution in [0.1, 0.15) is 25.8 Å². The fourth-order valence-corrected chi connectivity index (χ4v) is 2.62. The molecule has 116 valence electrons. The minimum atomic E-state index is -1.07. The van der Waals surface area contributed by atoms with Crippen LogP contribution in [0.4, 0.5) is 4.79 Å². The summed E-state index contributed by atoms with van der Waals surface area (Å²) in [5.41, 5.74) is -0.361. The highest BCUT2D eigenvalue weighted by Crippen LogP contribution is 2.33. The van der Waals surface area contributed by atoms with Crippen LogP contribution in [0.5, 0.6) is 5.75 Å². The molecule has 1 saturated heterocycles. The van der Waals surface area contributed by atoms with Crippen LogP contribution in [-0.2, 0) is 10.3 Å². The maximum atomic E-state index is 12.8. The Bertz CT molecular complexity index is 621. The van der Waals surface area contributed by atoms with E-state index < -0.39 is 17.5 Å². The summed E-state index contributed by atoms with van der Waals surface area (Å²) in [6.07, 6.45) is 0.432. The van der Waals surface area contributed by atoms with Crippen molar-refractivity contribution in [3.63, 3.8) is 0 Å². The number of urea groups is 1. The molecule has 0 aromatic heterocycles. The SMILES string of the molecule is CCC1(c2ccc(OC)cc2)NC(=O)N(CC(C)C#N)C1=O. The molecule has 0 radical (unpaired) electrons. The third-order valence-electron chi connectivity index (χ3n) is 3.97. The molecule has 1 aliphatic heterocycles. The molecule has 6 heteroatoms. The van der Waals surface area contributed by atoms with Gasteiger partial charge in [-0.3, -0.25) is 9.69 Å². The Morgan fingerprint density at radius 2 is 2.00 bits per heavy atom. The van der Waals surface area contributed by atoms with Gasteiger partial charge in [0.2, 0.25) is 0 Å². The van der Waals surface area contributed by atoms with Gasteiger partial charge in [0, 0.05) is 6.54 Å². The molecule has 0 bridgehead atoms. The van der Waals surface area contributed by atoms with E-state index in [0.717, 1.165) is 4.90 Å². The number of nitrogens with zero attached hydrogens (tertiary/aromatic N) is 2. The Morgan fingerprint density at radius 1 is 1.36 bits per heavy atom. The van der Waals surface area contributed by atoms with E-state index in [1.807, 2.05) is 13.0 Å². The number of ether oxygens (including phenoxy) is 1. The Morgan fingerprint density at radius 3 is 2.50 bits per heavy atom. The van der Waals surface area contributed by atoms with Crippen molar-refractivity contribution in [1.29, 1.82) is 5.26 Å². The molecule has 2 unspecified atom stereocenters. The normalized spacial score (nSPS) is 22.2. The van der Waals surface area contributed by atoms with E-state index in [1.165, 1.54) is 0 Å². The molecule has 2 rings (SSSR count). The van der Waals surface area contributed by atoms with E-state index in [2.05, 4.69) is 5.32 Å². The summed E-state index contributed by atoms with van der Waals surface area (Å²) in [7, 11) is 1.57. The molecule has 0 saturated carbocycles. The number of benzene rings is 1. The molecule has 1 aromatic rings. The molecule has 3 amide bonds. The molecule has 2 atom stereocenters. The molecular formula is C16H19N3O3. The first kappa shape index (κ1) is 15.8. The van der Waals surface area contributed by atoms with Crippen molar-refractivity contribution in [2.75, 3.05) is 13.7 Å². The number of rotatable bonds is 5. The van der Waals surface area contributed by atoms with Gasteiger partial charge >= 0.3 is 6.03 Å². The minimum Gasteiger partial charge on any atom is -0.497 e. The molecular weight excluding hydrogens is 282 g/mol. The summed E-state index contributed by atoms with van der Waals surface area (Å²) in [4.78, 5) is 26.1. The average molecular weight is 301 g/mol. The second-order valence-electron chi connectivity index (χ2n) is 5.36. The molecule has 0 spiro atoms. The lowest BCUT2D eigenvalue weighted by Gasteiger charge is -2.26. The third-order valence-corrected chi connectivity index (χ3v) is 3.97. The zero-order chi connectivity index (χ0) is 16.3. The van der Waals surface area contributed by atoms with Crippen LogP contribution >= 0.6 is 0 Å². The van der Waals surface area contributed by atoms with Gasteiger partial charge in [-0.2, -0.15) is 5.26 Å². The van der Waals surface area contributed by atoms with E-state index in [9.17, 15) is 9.59 Å². The first-order valence-electron chi connectivity index (χ1n) is 7.16. The second kappa shape index (κ2) is 6.06. The summed E-state index contributed by atoms with van der Waals surface area (Å²) in [5.74, 6) is -0.0350. The number of methoxy groups -OCH3 is 1. The fourth-order valence-electron chi connectivity index (χ4n) is 2.62. The van der Waals surface area contributed by atoms with Gasteiger partial charge in [-0.1, -0.05) is 19.1 Å². The van der Waals surface area contributed by atoms with Gasteiger partial charge < -0.3 is 10.1 Å². The molecule has 1 heterocycles. The second-order valence-corrected chi connectivity index (χ2v) is 5.36. The number of imide groups is 1. The topological polar surface area (TPSA) is 82.4 Å². The number of carbonyl (C=O) groups is 2. The van der Waals surface area contributed by atoms with Gasteiger partial charge in [0.05, 0.1) is 19.1 Å². The van der Waals surface area contributed by atoms with Crippen LogP contribution in [0, 0.1) is 17.2 Å². The van der Waals surface area contributed by atoms with Gasteiger partial charge in [0.15, 0.2) is 0 Å². The number of hydrogen-bond acceptors (Lipinski definition) is 4. The summed E-state index contributed by atoms with van der Waals surface area (Å²) >= 11 is 0. The monoisotopic (exact) mass is 301 g/mol. The van der Waals surface area contributed by atoms with Crippen molar-refractivity contribution in [3.05, 3.63) is 29.8 Å². The highest BCUT2D eigenvalue weighted by molar-refractivity contribution is 6.07. The Balaban J connectivity index is 2.36. The van der Waals surface area contributed by atoms with E-state index in [4.69, 9.17) is 10.00 Å². The number of hydrogen-bond donors (Lipinski definition) is 1. The van der Waals surface area contributed by atoms with E-state index in [0.29, 0.717) is 17.7 Å². The minimum absolute atomic E-state index is 0.0963. The maximum Gasteiger partial charge on any atom is 0.325 e. The smallest absolute Gasteiger partial charge is 0.325 e. The standard InChI is InChI=1S/C16H19N3O3/c1-4-16(12-5-7-13(22-3)8-6-12)14(20)19(15(21)18-16)10-11(2)9-17/h5-8,11H,4,10H2,1-3H3,(H,18,21). The zero-order valence-electron chi connectivity index (χ0n) is 12.9. The summed E-state index contributed by atoms with van der Waals surface area (Å²) in [5, 5.41) is 11.7. The highest BCUT2D eigenvalue weighted by Gasteiger charge is 2.51. The number of amides is 3. The van der Waals surface area contributed by atoms with Crippen LogP contribution in [0.2, 0.25) is 0 Å². The van der Waals surface area contributed by atoms with Crippen molar-refractivity contribution >= 4 is 11.9 Å². The fraction of sp³-hybridized carbons (Fsp3) is 0.438. The van der Waals surface area contributed by atoms with Crippen molar-refractivity contribution in [1.82, 2.24) is 10.2 Å². The van der Waals surface area contributed by atoms with Gasteiger partial charge in [-0.25, -0.2) is 4.79 Å². The van der Waals surface area contributed by atoms with Gasteiger partial charge in [0.25, 0.3) is 5.91 Å². The molecule has 6 nitrogen and oxygen atoms in total. The molecule has 1 fully saturated rings. The third kappa shape index (κ3) is 2.50. The van der Waals surface area contributed by atoms with Crippen molar-refractivity contribution in [2.24, 2.45) is 5.92 Å². The lowest BCUT2D eigenvalue weighted by Crippen LogP contribution is -2.43. The predicted octanol–water partition coefficient (Wildman–Crippen LogP) is 2.01. The summed E-state index contributed by atoms with van der Waals surface area (Å²) in [6, 6.07) is 8.65. The van der Waals surface area contributed by atoms with E-state index in [-0.39, 0.29) is 12.5 Å². The average Bonchev–Trinajstić information content (AvgIpc) is 2.79. The quantitative estimate of drug-likeness (QED) is 0.843. The molecule has 1 N–H and O–H groups in total. The van der Waals surface area contributed by atoms with E-state index in [1.54, 1.807) is 38.3 Å². The number of nitriles is 1. The van der Waals surface area contributed by atoms with Crippen LogP contribution in [0.25, 0.3) is 0 Å². The number of nitrogens with one attached hydrogen (secondary N) is 1. The van der Waals surface area contributed by atoms with Crippen LogP contribution in [0.15, 0.2) is 24.3 Å². The lowest BCUT2D eigenvalue weighted by molar-refractivity contribution is -0.132. The highest BCUT2D eigenvalue weighted by atomic mass is 16.5. The Labute approximate surface area is 129 Å². The summed E-state index contributed by atoms with van der Waals surface area (Å²) in [6.45, 7) is 3.62. The first-order chi connectivity index (χ1) is 10.5. The molecule has 1 aliphatic rings. The van der Waals surface area contributed by atoms with Gasteiger partial charge in [-0.05, 0) is 31.0 Å². The van der Waals surface area contributed by atoms with Crippen LogP contribution < -0.4 is 10.1 Å². The van der Waals surface area contributed by atoms with Crippen LogP contribution in [0.3, 0.4) is 0 Å². The Kier molecular flexibility index (Phi) is 4.36. The molecule has 0 aliphatic carbocycles. The lowest BCUT2D eigenvalue weighted by atomic mass is 9.87. The molecule has 1 aromatic carbocycles. The van der Waals surface area contributed by atoms with Crippen molar-refractivity contribution in [3.8, 4) is 11.8 Å². The predicted molar refractivity (Wildman–Crippen MR) is 80.0 cm³/mol. The largest absolute Gasteiger partial charge is 0.497 e. The summed E-state index contributed by atoms with van der Waals surface area (Å²) < 4.78 is 5.12. The number of carbonyl (C=O) groups excluding carboxylic acids is 2. The Hall–Kier alpha value is -2.55.